The second-order valence-electron chi connectivity index (χ2n) is 10.0. The zero-order chi connectivity index (χ0) is 25.6. The Morgan fingerprint density at radius 2 is 0.780 bits per heavy atom. The van der Waals surface area contributed by atoms with Gasteiger partial charge in [0.05, 0.1) is 11.0 Å². The van der Waals surface area contributed by atoms with Gasteiger partial charge >= 0.3 is 26.2 Å². The summed E-state index contributed by atoms with van der Waals surface area (Å²) in [6.07, 6.45) is 0. The molecular weight excluding hydrogens is 590 g/mol. The molecule has 0 atom stereocenters. The number of aryl methyl sites for hydroxylation is 2. The molecule has 0 radical (unpaired) electrons. The molecule has 0 aliphatic heterocycles. The van der Waals surface area contributed by atoms with Crippen molar-refractivity contribution >= 4 is 43.4 Å². The second-order valence-corrected chi connectivity index (χ2v) is 10.0. The van der Waals surface area contributed by atoms with Crippen molar-refractivity contribution in [2.75, 3.05) is 0 Å². The molecule has 0 amide bonds. The van der Waals surface area contributed by atoms with Crippen LogP contribution < -0.4 is 9.41 Å². The van der Waals surface area contributed by atoms with Gasteiger partial charge in [-0.15, -0.1) is 82.2 Å². The molecule has 8 aromatic rings. The second kappa shape index (κ2) is 12.2. The number of para-hydroxylation sites is 2. The molecular formula is C36H28F2N2Zr. The van der Waals surface area contributed by atoms with Crippen molar-refractivity contribution in [1.82, 2.24) is 9.13 Å². The van der Waals surface area contributed by atoms with Gasteiger partial charge in [-0.1, -0.05) is 48.5 Å². The molecule has 0 bridgehead atoms. The van der Waals surface area contributed by atoms with Crippen LogP contribution in [-0.4, -0.2) is 9.13 Å². The third kappa shape index (κ3) is 5.35. The maximum atomic E-state index is 2.33. The van der Waals surface area contributed by atoms with E-state index in [1.807, 2.05) is 0 Å². The maximum absolute atomic E-state index is 2.33. The Bertz CT molecular complexity index is 1860. The van der Waals surface area contributed by atoms with Gasteiger partial charge in [0.1, 0.15) is 0 Å². The van der Waals surface area contributed by atoms with E-state index in [1.165, 1.54) is 66.1 Å². The molecule has 8 rings (SSSR count). The quantitative estimate of drug-likeness (QED) is 0.263. The predicted octanol–water partition coefficient (Wildman–Crippen LogP) is 3.63. The van der Waals surface area contributed by atoms with Gasteiger partial charge in [-0.3, -0.25) is 0 Å². The molecule has 0 saturated carbocycles. The molecule has 0 aliphatic carbocycles. The summed E-state index contributed by atoms with van der Waals surface area (Å²) >= 11 is 0. The summed E-state index contributed by atoms with van der Waals surface area (Å²) in [5.74, 6) is 0. The first-order chi connectivity index (χ1) is 18.7. The van der Waals surface area contributed by atoms with E-state index in [4.69, 9.17) is 0 Å². The standard InChI is InChI=1S/2C18H14N.2FH.Zr/c2*1-13-10-16-8-4-5-9-18(16)19(13)17-11-14-6-2-3-7-15(14)12-17;;;/h2*2-12H,1H3;2*1H;/q2*-1;;;+4/p-2. The Hall–Kier alpha value is -4.08. The minimum Gasteiger partial charge on any atom is -1.00 e. The van der Waals surface area contributed by atoms with Crippen LogP contribution in [0.15, 0.2) is 133 Å². The van der Waals surface area contributed by atoms with E-state index in [9.17, 15) is 0 Å². The molecule has 0 saturated heterocycles. The van der Waals surface area contributed by atoms with Crippen LogP contribution in [0.1, 0.15) is 11.4 Å². The molecule has 0 spiro atoms. The zero-order valence-electron chi connectivity index (χ0n) is 22.9. The number of hydrogen-bond donors (Lipinski definition) is 0. The van der Waals surface area contributed by atoms with Gasteiger partial charge in [0.15, 0.2) is 0 Å². The maximum Gasteiger partial charge on any atom is 4.00 e. The fraction of sp³-hybridized carbons (Fsp3) is 0.0556. The minimum atomic E-state index is 0. The molecule has 2 heterocycles. The number of benzene rings is 4. The number of aromatic nitrogens is 2. The van der Waals surface area contributed by atoms with E-state index >= 15 is 0 Å². The number of rotatable bonds is 2. The van der Waals surface area contributed by atoms with Gasteiger partial charge in [-0.25, -0.2) is 0 Å². The third-order valence-electron chi connectivity index (χ3n) is 7.51. The SMILES string of the molecule is Cc1cc2ccccc2n1-c1cc2ccccc2[cH-]1.Cc1cc2ccccc2n1-c1cc2ccccc2[cH-]1.[F-].[F-].[Zr+4]. The van der Waals surface area contributed by atoms with Gasteiger partial charge in [-0.2, -0.15) is 0 Å². The molecule has 2 aromatic heterocycles. The van der Waals surface area contributed by atoms with Gasteiger partial charge in [0, 0.05) is 22.2 Å². The molecule has 0 aliphatic rings. The fourth-order valence-electron chi connectivity index (χ4n) is 5.80. The monoisotopic (exact) mass is 616 g/mol. The zero-order valence-corrected chi connectivity index (χ0v) is 25.3. The molecule has 0 N–H and O–H groups in total. The average Bonchev–Trinajstić information content (AvgIpc) is 3.69. The summed E-state index contributed by atoms with van der Waals surface area (Å²) in [6.45, 7) is 4.33. The van der Waals surface area contributed by atoms with Crippen LogP contribution in [-0.2, 0) is 26.2 Å². The van der Waals surface area contributed by atoms with E-state index in [2.05, 4.69) is 156 Å². The molecule has 0 unspecified atom stereocenters. The van der Waals surface area contributed by atoms with E-state index < -0.39 is 0 Å². The van der Waals surface area contributed by atoms with Crippen molar-refractivity contribution in [2.24, 2.45) is 0 Å². The smallest absolute Gasteiger partial charge is 1.00 e. The summed E-state index contributed by atoms with van der Waals surface area (Å²) in [4.78, 5) is 0. The van der Waals surface area contributed by atoms with Gasteiger partial charge in [-0.05, 0) is 49.5 Å². The number of fused-ring (bicyclic) bond motifs is 4. The van der Waals surface area contributed by atoms with Crippen LogP contribution in [0.3, 0.4) is 0 Å². The molecule has 0 fully saturated rings. The topological polar surface area (TPSA) is 9.86 Å². The first kappa shape index (κ1) is 29.9. The number of nitrogens with zero attached hydrogens (tertiary/aromatic N) is 2. The molecule has 200 valence electrons. The molecule has 41 heavy (non-hydrogen) atoms. The number of hydrogen-bond acceptors (Lipinski definition) is 0. The van der Waals surface area contributed by atoms with Crippen molar-refractivity contribution in [3.63, 3.8) is 0 Å². The fourth-order valence-corrected chi connectivity index (χ4v) is 5.80. The van der Waals surface area contributed by atoms with Crippen LogP contribution in [0.5, 0.6) is 0 Å². The minimum absolute atomic E-state index is 0. The average molecular weight is 618 g/mol. The first-order valence-corrected chi connectivity index (χ1v) is 13.1. The Kier molecular flexibility index (Phi) is 8.90. The predicted molar refractivity (Wildman–Crippen MR) is 162 cm³/mol. The van der Waals surface area contributed by atoms with Crippen molar-refractivity contribution in [2.45, 2.75) is 13.8 Å². The summed E-state index contributed by atoms with van der Waals surface area (Å²) in [6, 6.07) is 47.6. The van der Waals surface area contributed by atoms with Crippen molar-refractivity contribution in [1.29, 1.82) is 0 Å². The Balaban J connectivity index is 0.000000176. The van der Waals surface area contributed by atoms with Crippen LogP contribution in [0.25, 0.3) is 54.7 Å². The summed E-state index contributed by atoms with van der Waals surface area (Å²) < 4.78 is 4.66. The Labute approximate surface area is 257 Å². The van der Waals surface area contributed by atoms with Crippen molar-refractivity contribution < 1.29 is 35.6 Å². The van der Waals surface area contributed by atoms with Crippen LogP contribution in [0.2, 0.25) is 0 Å². The Morgan fingerprint density at radius 3 is 1.17 bits per heavy atom. The molecule has 5 heteroatoms. The van der Waals surface area contributed by atoms with E-state index in [1.54, 1.807) is 0 Å². The van der Waals surface area contributed by atoms with Crippen LogP contribution in [0.4, 0.5) is 0 Å². The molecule has 6 aromatic carbocycles. The van der Waals surface area contributed by atoms with E-state index in [-0.39, 0.29) is 35.6 Å². The van der Waals surface area contributed by atoms with Crippen molar-refractivity contribution in [3.05, 3.63) is 145 Å². The van der Waals surface area contributed by atoms with Crippen LogP contribution >= 0.6 is 0 Å². The van der Waals surface area contributed by atoms with Gasteiger partial charge in [0.2, 0.25) is 0 Å². The largest absolute Gasteiger partial charge is 4.00 e. The number of halogens is 2. The Morgan fingerprint density at radius 1 is 0.439 bits per heavy atom. The van der Waals surface area contributed by atoms with Crippen molar-refractivity contribution in [3.8, 4) is 11.4 Å². The molecule has 2 nitrogen and oxygen atoms in total. The van der Waals surface area contributed by atoms with E-state index in [0.717, 1.165) is 0 Å². The van der Waals surface area contributed by atoms with Gasteiger partial charge in [0.25, 0.3) is 0 Å². The van der Waals surface area contributed by atoms with Crippen LogP contribution in [0, 0.1) is 13.8 Å². The van der Waals surface area contributed by atoms with E-state index in [0.29, 0.717) is 0 Å². The first-order valence-electron chi connectivity index (χ1n) is 13.1. The summed E-state index contributed by atoms with van der Waals surface area (Å²) in [5.41, 5.74) is 7.60. The normalized spacial score (nSPS) is 10.6. The summed E-state index contributed by atoms with van der Waals surface area (Å²) in [5, 5.41) is 7.80. The third-order valence-corrected chi connectivity index (χ3v) is 7.51. The summed E-state index contributed by atoms with van der Waals surface area (Å²) in [7, 11) is 0. The van der Waals surface area contributed by atoms with Gasteiger partial charge < -0.3 is 18.5 Å².